The number of rotatable bonds is 9. The third kappa shape index (κ3) is 7.10. The molecule has 0 atom stereocenters. The lowest BCUT2D eigenvalue weighted by atomic mass is 10.0. The van der Waals surface area contributed by atoms with Crippen molar-refractivity contribution in [1.29, 1.82) is 0 Å². The smallest absolute Gasteiger partial charge is 0.305 e. The lowest BCUT2D eigenvalue weighted by Gasteiger charge is -2.09. The van der Waals surface area contributed by atoms with Crippen molar-refractivity contribution >= 4 is 24.0 Å². The Kier molecular flexibility index (Phi) is 8.30. The van der Waals surface area contributed by atoms with Crippen molar-refractivity contribution in [2.24, 2.45) is 0 Å². The molecule has 0 spiro atoms. The quantitative estimate of drug-likeness (QED) is 0.404. The zero-order valence-electron chi connectivity index (χ0n) is 16.0. The minimum absolute atomic E-state index is 0.00227. The Morgan fingerprint density at radius 3 is 2.30 bits per heavy atom. The van der Waals surface area contributed by atoms with Crippen LogP contribution in [0.1, 0.15) is 47.9 Å². The molecule has 2 aromatic carbocycles. The fraction of sp³-hybridized carbons (Fsp3) is 0.304. The summed E-state index contributed by atoms with van der Waals surface area (Å²) in [5.41, 5.74) is 4.57. The summed E-state index contributed by atoms with van der Waals surface area (Å²) in [6.07, 6.45) is 6.29. The maximum absolute atomic E-state index is 12.0. The standard InChI is InChI=1S/C23H27NO3/c1-18-9-3-4-10-19(18)15-16-20-11-5-6-12-21(20)17-24-22(25)13-7-8-14-23(26)27-2/h3-6,9-12,15-16H,7-8,13-14,17H2,1-2H3,(H,24,25)/b16-15-. The van der Waals surface area contributed by atoms with Gasteiger partial charge in [0.15, 0.2) is 0 Å². The van der Waals surface area contributed by atoms with Crippen LogP contribution in [0.25, 0.3) is 12.2 Å². The van der Waals surface area contributed by atoms with Crippen molar-refractivity contribution in [3.8, 4) is 0 Å². The van der Waals surface area contributed by atoms with E-state index in [1.165, 1.54) is 18.2 Å². The van der Waals surface area contributed by atoms with Crippen LogP contribution in [0.4, 0.5) is 0 Å². The van der Waals surface area contributed by atoms with E-state index in [2.05, 4.69) is 41.3 Å². The Morgan fingerprint density at radius 1 is 0.926 bits per heavy atom. The summed E-state index contributed by atoms with van der Waals surface area (Å²) in [6.45, 7) is 2.58. The molecule has 0 radical (unpaired) electrons. The molecule has 0 heterocycles. The SMILES string of the molecule is COC(=O)CCCCC(=O)NCc1ccccc1/C=C\c1ccccc1C. The maximum atomic E-state index is 12.0. The number of carbonyl (C=O) groups is 2. The van der Waals surface area contributed by atoms with Crippen LogP contribution in [0.5, 0.6) is 0 Å². The average molecular weight is 365 g/mol. The fourth-order valence-electron chi connectivity index (χ4n) is 2.75. The summed E-state index contributed by atoms with van der Waals surface area (Å²) >= 11 is 0. The van der Waals surface area contributed by atoms with E-state index in [0.29, 0.717) is 32.2 Å². The molecule has 4 nitrogen and oxygen atoms in total. The van der Waals surface area contributed by atoms with Gasteiger partial charge < -0.3 is 10.1 Å². The van der Waals surface area contributed by atoms with Gasteiger partial charge in [-0.3, -0.25) is 9.59 Å². The normalized spacial score (nSPS) is 10.7. The number of benzene rings is 2. The summed E-state index contributed by atoms with van der Waals surface area (Å²) in [6, 6.07) is 16.3. The van der Waals surface area contributed by atoms with Crippen LogP contribution in [0.15, 0.2) is 48.5 Å². The third-order valence-electron chi connectivity index (χ3n) is 4.42. The average Bonchev–Trinajstić information content (AvgIpc) is 2.69. The highest BCUT2D eigenvalue weighted by Crippen LogP contribution is 2.15. The molecule has 0 aromatic heterocycles. The Balaban J connectivity index is 1.87. The van der Waals surface area contributed by atoms with E-state index < -0.39 is 0 Å². The van der Waals surface area contributed by atoms with Crippen molar-refractivity contribution in [1.82, 2.24) is 5.32 Å². The summed E-state index contributed by atoms with van der Waals surface area (Å²) in [5, 5.41) is 2.96. The van der Waals surface area contributed by atoms with Gasteiger partial charge in [0.05, 0.1) is 7.11 Å². The highest BCUT2D eigenvalue weighted by molar-refractivity contribution is 5.77. The number of amides is 1. The lowest BCUT2D eigenvalue weighted by molar-refractivity contribution is -0.140. The molecule has 27 heavy (non-hydrogen) atoms. The van der Waals surface area contributed by atoms with Crippen molar-refractivity contribution in [3.63, 3.8) is 0 Å². The van der Waals surface area contributed by atoms with Gasteiger partial charge in [-0.25, -0.2) is 0 Å². The van der Waals surface area contributed by atoms with Gasteiger partial charge in [0.1, 0.15) is 0 Å². The van der Waals surface area contributed by atoms with Crippen LogP contribution in [0.3, 0.4) is 0 Å². The second-order valence-corrected chi connectivity index (χ2v) is 6.45. The Labute approximate surface area is 161 Å². The van der Waals surface area contributed by atoms with E-state index >= 15 is 0 Å². The first-order valence-corrected chi connectivity index (χ1v) is 9.25. The van der Waals surface area contributed by atoms with Crippen LogP contribution >= 0.6 is 0 Å². The van der Waals surface area contributed by atoms with Crippen molar-refractivity contribution in [3.05, 3.63) is 70.8 Å². The second kappa shape index (κ2) is 11.0. The van der Waals surface area contributed by atoms with E-state index in [1.807, 2.05) is 36.4 Å². The minimum Gasteiger partial charge on any atom is -0.469 e. The summed E-state index contributed by atoms with van der Waals surface area (Å²) in [4.78, 5) is 23.1. The number of methoxy groups -OCH3 is 1. The van der Waals surface area contributed by atoms with Crippen LogP contribution in [0, 0.1) is 6.92 Å². The van der Waals surface area contributed by atoms with Crippen molar-refractivity contribution in [2.75, 3.05) is 7.11 Å². The number of unbranched alkanes of at least 4 members (excludes halogenated alkanes) is 1. The fourth-order valence-corrected chi connectivity index (χ4v) is 2.75. The minimum atomic E-state index is -0.232. The molecule has 0 unspecified atom stereocenters. The topological polar surface area (TPSA) is 55.4 Å². The monoisotopic (exact) mass is 365 g/mol. The molecule has 0 aliphatic heterocycles. The van der Waals surface area contributed by atoms with E-state index in [4.69, 9.17) is 0 Å². The molecule has 4 heteroatoms. The number of carbonyl (C=O) groups excluding carboxylic acids is 2. The Morgan fingerprint density at radius 2 is 1.56 bits per heavy atom. The first-order chi connectivity index (χ1) is 13.1. The zero-order valence-corrected chi connectivity index (χ0v) is 16.0. The molecule has 142 valence electrons. The predicted octanol–water partition coefficient (Wildman–Crippen LogP) is 4.52. The molecule has 2 aromatic rings. The molecular formula is C23H27NO3. The molecule has 0 aliphatic carbocycles. The zero-order chi connectivity index (χ0) is 19.5. The molecule has 0 bridgehead atoms. The number of nitrogens with one attached hydrogen (secondary N) is 1. The Bertz CT molecular complexity index is 796. The van der Waals surface area contributed by atoms with Crippen molar-refractivity contribution in [2.45, 2.75) is 39.2 Å². The highest BCUT2D eigenvalue weighted by atomic mass is 16.5. The predicted molar refractivity (Wildman–Crippen MR) is 109 cm³/mol. The number of aryl methyl sites for hydroxylation is 1. The van der Waals surface area contributed by atoms with Crippen LogP contribution in [-0.2, 0) is 20.9 Å². The number of hydrogen-bond donors (Lipinski definition) is 1. The first kappa shape index (κ1) is 20.4. The highest BCUT2D eigenvalue weighted by Gasteiger charge is 2.05. The largest absolute Gasteiger partial charge is 0.469 e. The summed E-state index contributed by atoms with van der Waals surface area (Å²) < 4.78 is 4.59. The number of hydrogen-bond acceptors (Lipinski definition) is 3. The summed E-state index contributed by atoms with van der Waals surface area (Å²) in [7, 11) is 1.38. The third-order valence-corrected chi connectivity index (χ3v) is 4.42. The van der Waals surface area contributed by atoms with Crippen LogP contribution in [-0.4, -0.2) is 19.0 Å². The molecule has 1 amide bonds. The molecule has 0 aliphatic rings. The summed E-state index contributed by atoms with van der Waals surface area (Å²) in [5.74, 6) is -0.234. The van der Waals surface area contributed by atoms with Gasteiger partial charge in [0.25, 0.3) is 0 Å². The Hall–Kier alpha value is -2.88. The maximum Gasteiger partial charge on any atom is 0.305 e. The van der Waals surface area contributed by atoms with Gasteiger partial charge in [-0.1, -0.05) is 60.7 Å². The molecule has 0 saturated carbocycles. The van der Waals surface area contributed by atoms with Gasteiger partial charge in [0, 0.05) is 19.4 Å². The van der Waals surface area contributed by atoms with E-state index in [-0.39, 0.29) is 11.9 Å². The van der Waals surface area contributed by atoms with Gasteiger partial charge in [0.2, 0.25) is 5.91 Å². The molecule has 2 rings (SSSR count). The van der Waals surface area contributed by atoms with Gasteiger partial charge in [-0.15, -0.1) is 0 Å². The second-order valence-electron chi connectivity index (χ2n) is 6.45. The molecule has 1 N–H and O–H groups in total. The lowest BCUT2D eigenvalue weighted by Crippen LogP contribution is -2.22. The number of ether oxygens (including phenoxy) is 1. The van der Waals surface area contributed by atoms with Crippen LogP contribution < -0.4 is 5.32 Å². The van der Waals surface area contributed by atoms with Gasteiger partial charge in [-0.2, -0.15) is 0 Å². The van der Waals surface area contributed by atoms with Gasteiger partial charge in [-0.05, 0) is 42.0 Å². The van der Waals surface area contributed by atoms with Crippen molar-refractivity contribution < 1.29 is 14.3 Å². The van der Waals surface area contributed by atoms with E-state index in [0.717, 1.165) is 11.1 Å². The van der Waals surface area contributed by atoms with Crippen LogP contribution in [0.2, 0.25) is 0 Å². The first-order valence-electron chi connectivity index (χ1n) is 9.25. The number of esters is 1. The van der Waals surface area contributed by atoms with E-state index in [1.54, 1.807) is 0 Å². The van der Waals surface area contributed by atoms with Gasteiger partial charge >= 0.3 is 5.97 Å². The molecule has 0 fully saturated rings. The van der Waals surface area contributed by atoms with E-state index in [9.17, 15) is 9.59 Å². The molecular weight excluding hydrogens is 338 g/mol. The molecule has 0 saturated heterocycles.